The van der Waals surface area contributed by atoms with Crippen molar-refractivity contribution in [2.75, 3.05) is 9.80 Å². The molecule has 9 aromatic rings. The van der Waals surface area contributed by atoms with Gasteiger partial charge in [0.1, 0.15) is 0 Å². The fourth-order valence-electron chi connectivity index (χ4n) is 7.42. The van der Waals surface area contributed by atoms with Gasteiger partial charge in [-0.15, -0.1) is 0 Å². The van der Waals surface area contributed by atoms with Crippen LogP contribution in [-0.4, -0.2) is 4.98 Å². The van der Waals surface area contributed by atoms with Crippen LogP contribution in [0.25, 0.3) is 44.8 Å². The molecule has 0 fully saturated rings. The van der Waals surface area contributed by atoms with Gasteiger partial charge in [0.2, 0.25) is 0 Å². The van der Waals surface area contributed by atoms with E-state index in [1.807, 2.05) is 12.1 Å². The fourth-order valence-corrected chi connectivity index (χ4v) is 7.42. The van der Waals surface area contributed by atoms with E-state index in [4.69, 9.17) is 4.98 Å². The maximum Gasteiger partial charge on any atom is 0.0730 e. The summed E-state index contributed by atoms with van der Waals surface area (Å²) < 4.78 is 0. The molecule has 0 unspecified atom stereocenters. The lowest BCUT2D eigenvalue weighted by Crippen LogP contribution is -2.16. The van der Waals surface area contributed by atoms with Gasteiger partial charge < -0.3 is 9.80 Å². The minimum Gasteiger partial charge on any atom is -0.310 e. The highest BCUT2D eigenvalue weighted by Gasteiger charge is 2.25. The number of aromatic nitrogens is 1. The van der Waals surface area contributed by atoms with Gasteiger partial charge >= 0.3 is 0 Å². The topological polar surface area (TPSA) is 19.4 Å². The summed E-state index contributed by atoms with van der Waals surface area (Å²) in [5, 5.41) is 0. The average Bonchev–Trinajstić information content (AvgIpc) is 3.29. The minimum absolute atomic E-state index is 0.906. The second-order valence-corrected chi connectivity index (χ2v) is 13.6. The van der Waals surface area contributed by atoms with Crippen LogP contribution in [0.3, 0.4) is 0 Å². The number of hydrogen-bond donors (Lipinski definition) is 0. The molecule has 0 saturated heterocycles. The normalized spacial score (nSPS) is 10.9. The third-order valence-corrected chi connectivity index (χ3v) is 10.0. The monoisotopic (exact) mass is 717 g/mol. The Morgan fingerprint density at radius 1 is 0.250 bits per heavy atom. The molecule has 0 saturated carbocycles. The Bertz CT molecular complexity index is 2610. The van der Waals surface area contributed by atoms with E-state index in [-0.39, 0.29) is 0 Å². The van der Waals surface area contributed by atoms with Gasteiger partial charge in [0.05, 0.1) is 28.5 Å². The van der Waals surface area contributed by atoms with E-state index in [9.17, 15) is 0 Å². The number of nitrogens with zero attached hydrogens (tertiary/aromatic N) is 3. The molecule has 8 aromatic carbocycles. The highest BCUT2D eigenvalue weighted by atomic mass is 15.2. The van der Waals surface area contributed by atoms with Gasteiger partial charge in [0, 0.05) is 33.8 Å². The molecule has 266 valence electrons. The van der Waals surface area contributed by atoms with Crippen molar-refractivity contribution >= 4 is 34.1 Å². The SMILES string of the molecule is c1ccc(-c2cccc(N(c3ccccc3)c3cccc(N(c4ccccc4)c4cc(-c5ccccc5)nc(-c5ccccc5)c4)c3-c3ccccc3)c2)cc1. The molecule has 0 amide bonds. The first kappa shape index (κ1) is 34.3. The second kappa shape index (κ2) is 15.9. The third-order valence-electron chi connectivity index (χ3n) is 10.0. The standard InChI is InChI=1S/C53H39N3/c1-7-21-40(22-8-1)44-29-19-34-47(37-44)55(45-30-15-5-16-31-45)51-35-20-36-52(53(51)43-27-13-4-14-28-43)56(46-32-17-6-18-33-46)48-38-49(41-23-9-2-10-24-41)54-50(39-48)42-25-11-3-12-26-42/h1-39H. The Morgan fingerprint density at radius 3 is 1.09 bits per heavy atom. The zero-order valence-corrected chi connectivity index (χ0v) is 30.9. The Hall–Kier alpha value is -7.49. The zero-order chi connectivity index (χ0) is 37.5. The Balaban J connectivity index is 1.33. The molecule has 0 radical (unpaired) electrons. The van der Waals surface area contributed by atoms with Gasteiger partial charge in [-0.2, -0.15) is 0 Å². The molecule has 9 rings (SSSR count). The van der Waals surface area contributed by atoms with E-state index in [2.05, 4.69) is 234 Å². The summed E-state index contributed by atoms with van der Waals surface area (Å²) in [5.74, 6) is 0. The van der Waals surface area contributed by atoms with Crippen molar-refractivity contribution in [3.63, 3.8) is 0 Å². The van der Waals surface area contributed by atoms with Gasteiger partial charge in [0.25, 0.3) is 0 Å². The predicted octanol–water partition coefficient (Wildman–Crippen LogP) is 14.7. The van der Waals surface area contributed by atoms with Crippen molar-refractivity contribution in [2.45, 2.75) is 0 Å². The van der Waals surface area contributed by atoms with Crippen LogP contribution in [0, 0.1) is 0 Å². The number of rotatable bonds is 10. The highest BCUT2D eigenvalue weighted by molar-refractivity contribution is 5.99. The van der Waals surface area contributed by atoms with E-state index in [0.29, 0.717) is 0 Å². The van der Waals surface area contributed by atoms with Crippen molar-refractivity contribution in [3.05, 3.63) is 237 Å². The van der Waals surface area contributed by atoms with Gasteiger partial charge in [-0.25, -0.2) is 4.98 Å². The largest absolute Gasteiger partial charge is 0.310 e. The molecule has 0 aliphatic carbocycles. The summed E-state index contributed by atoms with van der Waals surface area (Å²) in [4.78, 5) is 10.0. The quantitative estimate of drug-likeness (QED) is 0.140. The first-order valence-electron chi connectivity index (χ1n) is 19.0. The molecule has 0 atom stereocenters. The third kappa shape index (κ3) is 7.10. The van der Waals surface area contributed by atoms with Crippen molar-refractivity contribution in [1.82, 2.24) is 4.98 Å². The molecule has 0 aliphatic rings. The molecule has 3 heteroatoms. The average molecular weight is 718 g/mol. The molecule has 0 aliphatic heterocycles. The van der Waals surface area contributed by atoms with Crippen LogP contribution >= 0.6 is 0 Å². The van der Waals surface area contributed by atoms with Crippen molar-refractivity contribution in [1.29, 1.82) is 0 Å². The van der Waals surface area contributed by atoms with Gasteiger partial charge in [-0.1, -0.05) is 176 Å². The first-order chi connectivity index (χ1) is 27.8. The maximum absolute atomic E-state index is 5.25. The van der Waals surface area contributed by atoms with E-state index < -0.39 is 0 Å². The number of hydrogen-bond acceptors (Lipinski definition) is 3. The fraction of sp³-hybridized carbons (Fsp3) is 0. The maximum atomic E-state index is 5.25. The first-order valence-corrected chi connectivity index (χ1v) is 19.0. The molecule has 56 heavy (non-hydrogen) atoms. The van der Waals surface area contributed by atoms with Crippen LogP contribution in [0.15, 0.2) is 237 Å². The van der Waals surface area contributed by atoms with Crippen LogP contribution in [-0.2, 0) is 0 Å². The summed E-state index contributed by atoms with van der Waals surface area (Å²) >= 11 is 0. The van der Waals surface area contributed by atoms with Gasteiger partial charge in [-0.05, 0) is 77.4 Å². The summed E-state index contributed by atoms with van der Waals surface area (Å²) in [7, 11) is 0. The minimum atomic E-state index is 0.906. The lowest BCUT2D eigenvalue weighted by molar-refractivity contribution is 1.23. The number of para-hydroxylation sites is 2. The molecule has 3 nitrogen and oxygen atoms in total. The van der Waals surface area contributed by atoms with Crippen molar-refractivity contribution in [2.24, 2.45) is 0 Å². The van der Waals surface area contributed by atoms with Crippen LogP contribution < -0.4 is 9.80 Å². The lowest BCUT2D eigenvalue weighted by atomic mass is 9.97. The lowest BCUT2D eigenvalue weighted by Gasteiger charge is -2.33. The van der Waals surface area contributed by atoms with Crippen LogP contribution in [0.5, 0.6) is 0 Å². The van der Waals surface area contributed by atoms with Crippen LogP contribution in [0.2, 0.25) is 0 Å². The Morgan fingerprint density at radius 2 is 0.607 bits per heavy atom. The number of pyridine rings is 1. The zero-order valence-electron chi connectivity index (χ0n) is 30.9. The van der Waals surface area contributed by atoms with Crippen molar-refractivity contribution < 1.29 is 0 Å². The van der Waals surface area contributed by atoms with Gasteiger partial charge in [-0.3, -0.25) is 0 Å². The number of anilines is 6. The Labute approximate surface area is 329 Å². The van der Waals surface area contributed by atoms with E-state index in [1.54, 1.807) is 0 Å². The van der Waals surface area contributed by atoms with Crippen molar-refractivity contribution in [3.8, 4) is 44.8 Å². The summed E-state index contributed by atoms with van der Waals surface area (Å²) in [6.07, 6.45) is 0. The molecule has 0 spiro atoms. The molecular formula is C53H39N3. The van der Waals surface area contributed by atoms with E-state index in [1.165, 1.54) is 5.56 Å². The predicted molar refractivity (Wildman–Crippen MR) is 235 cm³/mol. The Kier molecular flexibility index (Phi) is 9.71. The molecule has 1 heterocycles. The van der Waals surface area contributed by atoms with Gasteiger partial charge in [0.15, 0.2) is 0 Å². The summed E-state index contributed by atoms with van der Waals surface area (Å²) in [6.45, 7) is 0. The van der Waals surface area contributed by atoms with Crippen LogP contribution in [0.1, 0.15) is 0 Å². The second-order valence-electron chi connectivity index (χ2n) is 13.6. The molecular weight excluding hydrogens is 679 g/mol. The van der Waals surface area contributed by atoms with Crippen LogP contribution in [0.4, 0.5) is 34.1 Å². The van der Waals surface area contributed by atoms with E-state index in [0.717, 1.165) is 73.3 Å². The summed E-state index contributed by atoms with van der Waals surface area (Å²) in [5.41, 5.74) is 14.8. The summed E-state index contributed by atoms with van der Waals surface area (Å²) in [6, 6.07) is 83.5. The smallest absolute Gasteiger partial charge is 0.0730 e. The molecule has 0 N–H and O–H groups in total. The van der Waals surface area contributed by atoms with E-state index >= 15 is 0 Å². The molecule has 1 aromatic heterocycles. The molecule has 0 bridgehead atoms. The highest BCUT2D eigenvalue weighted by Crippen LogP contribution is 2.49. The number of benzene rings is 8.